The highest BCUT2D eigenvalue weighted by Gasteiger charge is 2.14. The van der Waals surface area contributed by atoms with E-state index in [1.807, 2.05) is 6.07 Å². The molecule has 7 nitrogen and oxygen atoms in total. The van der Waals surface area contributed by atoms with Gasteiger partial charge in [0.25, 0.3) is 5.56 Å². The van der Waals surface area contributed by atoms with Crippen molar-refractivity contribution < 1.29 is 13.2 Å². The third-order valence-corrected chi connectivity index (χ3v) is 5.22. The Morgan fingerprint density at radius 3 is 2.38 bits per heavy atom. The Balaban J connectivity index is 2.08. The number of nitrogens with one attached hydrogen (secondary N) is 2. The highest BCUT2D eigenvalue weighted by molar-refractivity contribution is 7.90. The van der Waals surface area contributed by atoms with Gasteiger partial charge < -0.3 is 10.3 Å². The maximum atomic E-state index is 12.1. The fraction of sp³-hybridized carbons (Fsp3) is 0.278. The summed E-state index contributed by atoms with van der Waals surface area (Å²) in [6.45, 7) is 3.42. The van der Waals surface area contributed by atoms with Crippen LogP contribution in [0.25, 0.3) is 0 Å². The number of H-pyrrole nitrogens is 1. The number of rotatable bonds is 5. The summed E-state index contributed by atoms with van der Waals surface area (Å²) in [5, 5.41) is 11.8. The monoisotopic (exact) mass is 373 g/mol. The molecular formula is C18H19N3O4S. The van der Waals surface area contributed by atoms with Crippen LogP contribution in [-0.2, 0) is 21.1 Å². The molecule has 0 saturated carbocycles. The molecule has 0 bridgehead atoms. The average molecular weight is 373 g/mol. The number of nitrogens with zero attached hydrogens (tertiary/aromatic N) is 1. The summed E-state index contributed by atoms with van der Waals surface area (Å²) in [7, 11) is -3.28. The number of sulfone groups is 1. The Labute approximate surface area is 151 Å². The number of amides is 1. The molecule has 0 aliphatic rings. The lowest BCUT2D eigenvalue weighted by atomic mass is 9.99. The van der Waals surface area contributed by atoms with Gasteiger partial charge in [-0.2, -0.15) is 5.26 Å². The molecule has 0 unspecified atom stereocenters. The number of anilines is 1. The van der Waals surface area contributed by atoms with Gasteiger partial charge in [0.15, 0.2) is 9.84 Å². The zero-order valence-electron chi connectivity index (χ0n) is 14.7. The van der Waals surface area contributed by atoms with Gasteiger partial charge in [0.1, 0.15) is 11.6 Å². The van der Waals surface area contributed by atoms with Gasteiger partial charge >= 0.3 is 0 Å². The number of pyridine rings is 1. The first kappa shape index (κ1) is 19.4. The first-order valence-electron chi connectivity index (χ1n) is 7.86. The number of aromatic amines is 1. The summed E-state index contributed by atoms with van der Waals surface area (Å²) in [6, 6.07) is 7.80. The molecule has 1 aromatic heterocycles. The number of carbonyl (C=O) groups is 1. The third-order valence-electron chi connectivity index (χ3n) is 4.09. The molecule has 0 radical (unpaired) electrons. The molecule has 1 heterocycles. The SMILES string of the molecule is Cc1[nH]c(=O)c(C#N)c(C)c1CCC(=O)Nc1ccc(S(C)(=O)=O)cc1. The van der Waals surface area contributed by atoms with E-state index in [1.54, 1.807) is 13.8 Å². The van der Waals surface area contributed by atoms with Crippen molar-refractivity contribution >= 4 is 21.4 Å². The molecule has 0 saturated heterocycles. The summed E-state index contributed by atoms with van der Waals surface area (Å²) in [5.41, 5.74) is 2.11. The van der Waals surface area contributed by atoms with Crippen LogP contribution in [0.2, 0.25) is 0 Å². The second-order valence-corrected chi connectivity index (χ2v) is 8.03. The van der Waals surface area contributed by atoms with Crippen molar-refractivity contribution in [3.05, 3.63) is 57.0 Å². The van der Waals surface area contributed by atoms with Crippen LogP contribution in [0.4, 0.5) is 5.69 Å². The second-order valence-electron chi connectivity index (χ2n) is 6.01. The van der Waals surface area contributed by atoms with Crippen LogP contribution < -0.4 is 10.9 Å². The standard InChI is InChI=1S/C18H19N3O4S/c1-11-15(12(2)20-18(23)16(11)10-19)8-9-17(22)21-13-4-6-14(7-5-13)26(3,24)25/h4-7H,8-9H2,1-3H3,(H,20,23)(H,21,22). The zero-order valence-corrected chi connectivity index (χ0v) is 15.5. The molecule has 0 aliphatic carbocycles. The van der Waals surface area contributed by atoms with Crippen molar-refractivity contribution in [2.24, 2.45) is 0 Å². The second kappa shape index (κ2) is 7.54. The largest absolute Gasteiger partial charge is 0.326 e. The lowest BCUT2D eigenvalue weighted by molar-refractivity contribution is -0.116. The van der Waals surface area contributed by atoms with E-state index in [2.05, 4.69) is 10.3 Å². The van der Waals surface area contributed by atoms with Crippen LogP contribution in [0.5, 0.6) is 0 Å². The van der Waals surface area contributed by atoms with Gasteiger partial charge in [-0.1, -0.05) is 0 Å². The van der Waals surface area contributed by atoms with E-state index in [0.717, 1.165) is 11.8 Å². The Morgan fingerprint density at radius 2 is 1.85 bits per heavy atom. The van der Waals surface area contributed by atoms with Crippen molar-refractivity contribution in [2.45, 2.75) is 31.6 Å². The van der Waals surface area contributed by atoms with E-state index in [0.29, 0.717) is 23.4 Å². The van der Waals surface area contributed by atoms with Gasteiger partial charge in [0.2, 0.25) is 5.91 Å². The number of carbonyl (C=O) groups excluding carboxylic acids is 1. The van der Waals surface area contributed by atoms with E-state index >= 15 is 0 Å². The number of aryl methyl sites for hydroxylation is 1. The Bertz CT molecular complexity index is 1050. The number of nitriles is 1. The molecule has 8 heteroatoms. The predicted octanol–water partition coefficient (Wildman–Crippen LogP) is 1.84. The lowest BCUT2D eigenvalue weighted by Crippen LogP contribution is -2.18. The Hall–Kier alpha value is -2.92. The summed E-state index contributed by atoms with van der Waals surface area (Å²) in [5.74, 6) is -0.249. The summed E-state index contributed by atoms with van der Waals surface area (Å²) in [6.07, 6.45) is 1.65. The van der Waals surface area contributed by atoms with E-state index in [4.69, 9.17) is 5.26 Å². The molecule has 1 amide bonds. The Morgan fingerprint density at radius 1 is 1.23 bits per heavy atom. The van der Waals surface area contributed by atoms with Crippen LogP contribution >= 0.6 is 0 Å². The van der Waals surface area contributed by atoms with Crippen LogP contribution in [0, 0.1) is 25.2 Å². The van der Waals surface area contributed by atoms with Crippen LogP contribution in [0.15, 0.2) is 34.0 Å². The highest BCUT2D eigenvalue weighted by atomic mass is 32.2. The smallest absolute Gasteiger partial charge is 0.266 e. The Kier molecular flexibility index (Phi) is 5.63. The molecule has 2 rings (SSSR count). The van der Waals surface area contributed by atoms with Gasteiger partial charge in [0, 0.05) is 24.1 Å². The number of hydrogen-bond donors (Lipinski definition) is 2. The van der Waals surface area contributed by atoms with E-state index in [-0.39, 0.29) is 22.8 Å². The van der Waals surface area contributed by atoms with Crippen LogP contribution in [-0.4, -0.2) is 25.6 Å². The fourth-order valence-electron chi connectivity index (χ4n) is 2.67. The molecule has 2 aromatic rings. The molecule has 0 spiro atoms. The molecular weight excluding hydrogens is 354 g/mol. The quantitative estimate of drug-likeness (QED) is 0.828. The van der Waals surface area contributed by atoms with Crippen LogP contribution in [0.1, 0.15) is 28.8 Å². The molecule has 136 valence electrons. The summed E-state index contributed by atoms with van der Waals surface area (Å²) < 4.78 is 22.9. The highest BCUT2D eigenvalue weighted by Crippen LogP contribution is 2.17. The van der Waals surface area contributed by atoms with Gasteiger partial charge in [-0.3, -0.25) is 9.59 Å². The summed E-state index contributed by atoms with van der Waals surface area (Å²) in [4.78, 5) is 26.7. The van der Waals surface area contributed by atoms with Crippen molar-refractivity contribution in [2.75, 3.05) is 11.6 Å². The van der Waals surface area contributed by atoms with Crippen LogP contribution in [0.3, 0.4) is 0 Å². The maximum Gasteiger partial charge on any atom is 0.266 e. The van der Waals surface area contributed by atoms with Crippen molar-refractivity contribution in [1.82, 2.24) is 4.98 Å². The topological polar surface area (TPSA) is 120 Å². The third kappa shape index (κ3) is 4.37. The fourth-order valence-corrected chi connectivity index (χ4v) is 3.30. The summed E-state index contributed by atoms with van der Waals surface area (Å²) >= 11 is 0. The molecule has 0 fully saturated rings. The number of aromatic nitrogens is 1. The molecule has 2 N–H and O–H groups in total. The molecule has 0 aliphatic heterocycles. The number of hydrogen-bond acceptors (Lipinski definition) is 5. The maximum absolute atomic E-state index is 12.1. The predicted molar refractivity (Wildman–Crippen MR) is 97.8 cm³/mol. The first-order chi connectivity index (χ1) is 12.1. The van der Waals surface area contributed by atoms with E-state index in [1.165, 1.54) is 24.3 Å². The van der Waals surface area contributed by atoms with E-state index in [9.17, 15) is 18.0 Å². The van der Waals surface area contributed by atoms with Crippen molar-refractivity contribution in [1.29, 1.82) is 5.26 Å². The number of benzene rings is 1. The van der Waals surface area contributed by atoms with Gasteiger partial charge in [-0.25, -0.2) is 8.42 Å². The minimum absolute atomic E-state index is 0.0578. The zero-order chi connectivity index (χ0) is 19.5. The minimum atomic E-state index is -3.28. The van der Waals surface area contributed by atoms with E-state index < -0.39 is 15.4 Å². The molecule has 26 heavy (non-hydrogen) atoms. The molecule has 0 atom stereocenters. The van der Waals surface area contributed by atoms with Gasteiger partial charge in [-0.15, -0.1) is 0 Å². The normalized spacial score (nSPS) is 11.0. The lowest BCUT2D eigenvalue weighted by Gasteiger charge is -2.11. The van der Waals surface area contributed by atoms with Crippen molar-refractivity contribution in [3.63, 3.8) is 0 Å². The van der Waals surface area contributed by atoms with Crippen molar-refractivity contribution in [3.8, 4) is 6.07 Å². The van der Waals surface area contributed by atoms with Gasteiger partial charge in [-0.05, 0) is 55.7 Å². The average Bonchev–Trinajstić information content (AvgIpc) is 2.54. The first-order valence-corrected chi connectivity index (χ1v) is 9.75. The minimum Gasteiger partial charge on any atom is -0.326 e. The molecule has 1 aromatic carbocycles. The van der Waals surface area contributed by atoms with Gasteiger partial charge in [0.05, 0.1) is 4.90 Å².